The third kappa shape index (κ3) is 3.16. The number of hydrogen-bond donors (Lipinski definition) is 1. The van der Waals surface area contributed by atoms with E-state index in [0.29, 0.717) is 6.42 Å². The average Bonchev–Trinajstić information content (AvgIpc) is 2.59. The zero-order valence-electron chi connectivity index (χ0n) is 8.31. The van der Waals surface area contributed by atoms with Gasteiger partial charge in [0.15, 0.2) is 0 Å². The molecule has 0 aliphatic carbocycles. The number of hydrogen-bond acceptors (Lipinski definition) is 3. The minimum atomic E-state index is -0.734. The minimum absolute atomic E-state index is 0.236. The molecule has 1 heterocycles. The van der Waals surface area contributed by atoms with E-state index in [1.807, 2.05) is 11.6 Å². The van der Waals surface area contributed by atoms with Gasteiger partial charge in [-0.25, -0.2) is 4.98 Å². The first-order valence-electron chi connectivity index (χ1n) is 4.82. The van der Waals surface area contributed by atoms with E-state index >= 15 is 0 Å². The molecule has 1 aromatic heterocycles. The first-order chi connectivity index (χ1) is 6.74. The van der Waals surface area contributed by atoms with Gasteiger partial charge in [0.25, 0.3) is 0 Å². The summed E-state index contributed by atoms with van der Waals surface area (Å²) in [6, 6.07) is 0. The van der Waals surface area contributed by atoms with Crippen molar-refractivity contribution in [3.8, 4) is 0 Å². The molecule has 0 aromatic carbocycles. The zero-order valence-corrected chi connectivity index (χ0v) is 8.31. The Labute approximate surface area is 82.8 Å². The summed E-state index contributed by atoms with van der Waals surface area (Å²) in [4.78, 5) is 14.4. The Kier molecular flexibility index (Phi) is 4.10. The van der Waals surface area contributed by atoms with Crippen molar-refractivity contribution in [2.45, 2.75) is 39.2 Å². The number of carboxylic acids is 1. The molecule has 5 heteroatoms. The highest BCUT2D eigenvalue weighted by molar-refractivity contribution is 5.66. The lowest BCUT2D eigenvalue weighted by Crippen LogP contribution is -2.04. The molecule has 0 bridgehead atoms. The standard InChI is InChI=1S/C9H15N3O2/c1-2-12-8(10-7-11-12)5-3-4-6-9(13)14/h7H,2-6H2,1H3,(H,13,14). The summed E-state index contributed by atoms with van der Waals surface area (Å²) >= 11 is 0. The molecule has 5 nitrogen and oxygen atoms in total. The highest BCUT2D eigenvalue weighted by Crippen LogP contribution is 2.03. The summed E-state index contributed by atoms with van der Waals surface area (Å²) in [5.74, 6) is 0.208. The Bertz CT molecular complexity index is 296. The van der Waals surface area contributed by atoms with Gasteiger partial charge in [0, 0.05) is 19.4 Å². The second-order valence-electron chi connectivity index (χ2n) is 3.09. The molecule has 14 heavy (non-hydrogen) atoms. The first-order valence-corrected chi connectivity index (χ1v) is 4.82. The Morgan fingerprint density at radius 2 is 2.36 bits per heavy atom. The van der Waals surface area contributed by atoms with Crippen molar-refractivity contribution >= 4 is 5.97 Å². The minimum Gasteiger partial charge on any atom is -0.481 e. The Morgan fingerprint density at radius 1 is 1.57 bits per heavy atom. The third-order valence-corrected chi connectivity index (χ3v) is 2.04. The number of carboxylic acid groups (broad SMARTS) is 1. The fourth-order valence-electron chi connectivity index (χ4n) is 1.31. The molecule has 0 aliphatic rings. The van der Waals surface area contributed by atoms with E-state index in [1.54, 1.807) is 0 Å². The number of unbranched alkanes of at least 4 members (excludes halogenated alkanes) is 1. The summed E-state index contributed by atoms with van der Waals surface area (Å²) in [6.07, 6.45) is 4.13. The largest absolute Gasteiger partial charge is 0.481 e. The van der Waals surface area contributed by atoms with Crippen molar-refractivity contribution in [3.05, 3.63) is 12.2 Å². The second kappa shape index (κ2) is 5.36. The molecule has 0 spiro atoms. The maximum Gasteiger partial charge on any atom is 0.303 e. The van der Waals surface area contributed by atoms with Crippen LogP contribution in [0.15, 0.2) is 6.33 Å². The van der Waals surface area contributed by atoms with E-state index in [1.165, 1.54) is 6.33 Å². The van der Waals surface area contributed by atoms with Gasteiger partial charge in [-0.05, 0) is 19.8 Å². The Morgan fingerprint density at radius 3 is 3.00 bits per heavy atom. The number of aromatic nitrogens is 3. The van der Waals surface area contributed by atoms with Crippen LogP contribution in [-0.4, -0.2) is 25.8 Å². The maximum atomic E-state index is 10.3. The highest BCUT2D eigenvalue weighted by Gasteiger charge is 2.02. The molecule has 1 aromatic rings. The molecule has 0 unspecified atom stereocenters. The van der Waals surface area contributed by atoms with Gasteiger partial charge in [0.05, 0.1) is 0 Å². The molecule has 1 N–H and O–H groups in total. The number of rotatable bonds is 6. The lowest BCUT2D eigenvalue weighted by Gasteiger charge is -2.01. The van der Waals surface area contributed by atoms with Crippen molar-refractivity contribution in [1.29, 1.82) is 0 Å². The lowest BCUT2D eigenvalue weighted by molar-refractivity contribution is -0.137. The SMILES string of the molecule is CCn1ncnc1CCCCC(=O)O. The van der Waals surface area contributed by atoms with Crippen LogP contribution < -0.4 is 0 Å². The zero-order chi connectivity index (χ0) is 10.4. The Hall–Kier alpha value is -1.39. The quantitative estimate of drug-likeness (QED) is 0.693. The van der Waals surface area contributed by atoms with Crippen LogP contribution in [0.5, 0.6) is 0 Å². The van der Waals surface area contributed by atoms with Crippen LogP contribution in [0.1, 0.15) is 32.0 Å². The fraction of sp³-hybridized carbons (Fsp3) is 0.667. The van der Waals surface area contributed by atoms with Crippen LogP contribution >= 0.6 is 0 Å². The van der Waals surface area contributed by atoms with Crippen LogP contribution in [0, 0.1) is 0 Å². The van der Waals surface area contributed by atoms with Gasteiger partial charge in [0.1, 0.15) is 12.2 Å². The molecular weight excluding hydrogens is 182 g/mol. The lowest BCUT2D eigenvalue weighted by atomic mass is 10.2. The summed E-state index contributed by atoms with van der Waals surface area (Å²) < 4.78 is 1.83. The van der Waals surface area contributed by atoms with E-state index in [0.717, 1.165) is 25.2 Å². The maximum absolute atomic E-state index is 10.3. The van der Waals surface area contributed by atoms with Gasteiger partial charge >= 0.3 is 5.97 Å². The fourth-order valence-corrected chi connectivity index (χ4v) is 1.31. The van der Waals surface area contributed by atoms with Crippen molar-refractivity contribution in [1.82, 2.24) is 14.8 Å². The van der Waals surface area contributed by atoms with Crippen LogP contribution in [0.25, 0.3) is 0 Å². The van der Waals surface area contributed by atoms with Crippen LogP contribution in [-0.2, 0) is 17.8 Å². The molecule has 0 aliphatic heterocycles. The third-order valence-electron chi connectivity index (χ3n) is 2.04. The molecule has 0 atom stereocenters. The first kappa shape index (κ1) is 10.7. The molecule has 1 rings (SSSR count). The molecule has 0 amide bonds. The normalized spacial score (nSPS) is 10.4. The van der Waals surface area contributed by atoms with Gasteiger partial charge in [-0.2, -0.15) is 5.10 Å². The number of carbonyl (C=O) groups is 1. The number of aliphatic carboxylic acids is 1. The molecule has 0 radical (unpaired) electrons. The van der Waals surface area contributed by atoms with Crippen LogP contribution in [0.4, 0.5) is 0 Å². The summed E-state index contributed by atoms with van der Waals surface area (Å²) in [5, 5.41) is 12.5. The molecular formula is C9H15N3O2. The van der Waals surface area contributed by atoms with E-state index < -0.39 is 5.97 Å². The van der Waals surface area contributed by atoms with Gasteiger partial charge in [0.2, 0.25) is 0 Å². The van der Waals surface area contributed by atoms with Gasteiger partial charge < -0.3 is 5.11 Å². The smallest absolute Gasteiger partial charge is 0.303 e. The monoisotopic (exact) mass is 197 g/mol. The van der Waals surface area contributed by atoms with Crippen LogP contribution in [0.3, 0.4) is 0 Å². The van der Waals surface area contributed by atoms with Gasteiger partial charge in [-0.3, -0.25) is 9.48 Å². The van der Waals surface area contributed by atoms with E-state index in [4.69, 9.17) is 5.11 Å². The van der Waals surface area contributed by atoms with Crippen molar-refractivity contribution in [2.75, 3.05) is 0 Å². The number of nitrogens with zero attached hydrogens (tertiary/aromatic N) is 3. The molecule has 0 fully saturated rings. The van der Waals surface area contributed by atoms with E-state index in [-0.39, 0.29) is 6.42 Å². The predicted octanol–water partition coefficient (Wildman–Crippen LogP) is 1.10. The summed E-state index contributed by atoms with van der Waals surface area (Å²) in [6.45, 7) is 2.82. The highest BCUT2D eigenvalue weighted by atomic mass is 16.4. The van der Waals surface area contributed by atoms with Crippen molar-refractivity contribution in [2.24, 2.45) is 0 Å². The molecule has 0 saturated heterocycles. The average molecular weight is 197 g/mol. The van der Waals surface area contributed by atoms with Crippen molar-refractivity contribution in [3.63, 3.8) is 0 Å². The van der Waals surface area contributed by atoms with Crippen LogP contribution in [0.2, 0.25) is 0 Å². The Balaban J connectivity index is 2.27. The van der Waals surface area contributed by atoms with E-state index in [9.17, 15) is 4.79 Å². The molecule has 0 saturated carbocycles. The number of aryl methyl sites for hydroxylation is 2. The predicted molar refractivity (Wildman–Crippen MR) is 50.9 cm³/mol. The second-order valence-corrected chi connectivity index (χ2v) is 3.09. The molecule has 78 valence electrons. The summed E-state index contributed by atoms with van der Waals surface area (Å²) in [5.41, 5.74) is 0. The van der Waals surface area contributed by atoms with Gasteiger partial charge in [-0.15, -0.1) is 0 Å². The summed E-state index contributed by atoms with van der Waals surface area (Å²) in [7, 11) is 0. The topological polar surface area (TPSA) is 68.0 Å². The van der Waals surface area contributed by atoms with E-state index in [2.05, 4.69) is 10.1 Å². The van der Waals surface area contributed by atoms with Gasteiger partial charge in [-0.1, -0.05) is 0 Å². The van der Waals surface area contributed by atoms with Crippen molar-refractivity contribution < 1.29 is 9.90 Å².